The van der Waals surface area contributed by atoms with Crippen LogP contribution in [0.5, 0.6) is 5.88 Å². The fourth-order valence-electron chi connectivity index (χ4n) is 1.46. The Hall–Kier alpha value is -1.68. The van der Waals surface area contributed by atoms with E-state index in [1.165, 1.54) is 31.4 Å². The third-order valence-electron chi connectivity index (χ3n) is 2.24. The molecule has 0 saturated heterocycles. The maximum absolute atomic E-state index is 13.6. The van der Waals surface area contributed by atoms with Gasteiger partial charge in [-0.1, -0.05) is 23.7 Å². The first kappa shape index (κ1) is 11.8. The average molecular weight is 256 g/mol. The summed E-state index contributed by atoms with van der Waals surface area (Å²) in [5.41, 5.74) is 0.534. The van der Waals surface area contributed by atoms with Gasteiger partial charge in [-0.25, -0.2) is 13.8 Å². The predicted octanol–water partition coefficient (Wildman–Crippen LogP) is 3.69. The van der Waals surface area contributed by atoms with Crippen LogP contribution < -0.4 is 4.74 Å². The molecule has 0 fully saturated rings. The minimum atomic E-state index is -0.920. The molecular weight excluding hydrogens is 248 g/mol. The maximum atomic E-state index is 13.6. The number of hydrogen-bond acceptors (Lipinski definition) is 2. The van der Waals surface area contributed by atoms with Gasteiger partial charge in [0.1, 0.15) is 5.15 Å². The van der Waals surface area contributed by atoms with Crippen LogP contribution in [0.15, 0.2) is 30.3 Å². The summed E-state index contributed by atoms with van der Waals surface area (Å²) in [6.45, 7) is 0. The van der Waals surface area contributed by atoms with E-state index in [0.717, 1.165) is 6.07 Å². The summed E-state index contributed by atoms with van der Waals surface area (Å²) in [5, 5.41) is 0.156. The van der Waals surface area contributed by atoms with Crippen LogP contribution in [0.2, 0.25) is 5.15 Å². The van der Waals surface area contributed by atoms with E-state index >= 15 is 0 Å². The minimum Gasteiger partial charge on any atom is -0.481 e. The molecular formula is C12H8ClF2NO. The summed E-state index contributed by atoms with van der Waals surface area (Å²) < 4.78 is 31.6. The molecule has 1 aromatic carbocycles. The third-order valence-corrected chi connectivity index (χ3v) is 2.44. The Bertz CT molecular complexity index is 560. The summed E-state index contributed by atoms with van der Waals surface area (Å²) in [6, 6.07) is 6.88. The number of pyridine rings is 1. The minimum absolute atomic E-state index is 0.118. The molecule has 17 heavy (non-hydrogen) atoms. The fraction of sp³-hybridized carbons (Fsp3) is 0.0833. The average Bonchev–Trinajstić information content (AvgIpc) is 2.31. The van der Waals surface area contributed by atoms with Crippen molar-refractivity contribution in [3.05, 3.63) is 47.1 Å². The smallest absolute Gasteiger partial charge is 0.214 e. The highest BCUT2D eigenvalue weighted by atomic mass is 35.5. The summed E-state index contributed by atoms with van der Waals surface area (Å²) in [7, 11) is 1.42. The van der Waals surface area contributed by atoms with Gasteiger partial charge in [0, 0.05) is 11.6 Å². The van der Waals surface area contributed by atoms with E-state index in [-0.39, 0.29) is 16.6 Å². The van der Waals surface area contributed by atoms with Crippen molar-refractivity contribution in [2.24, 2.45) is 0 Å². The highest BCUT2D eigenvalue weighted by Crippen LogP contribution is 2.28. The Kier molecular flexibility index (Phi) is 3.24. The van der Waals surface area contributed by atoms with Crippen LogP contribution in [-0.4, -0.2) is 12.1 Å². The number of benzene rings is 1. The van der Waals surface area contributed by atoms with Crippen molar-refractivity contribution in [2.45, 2.75) is 0 Å². The SMILES string of the molecule is COc1cc(-c2cccc(F)c2F)cc(Cl)n1. The normalized spacial score (nSPS) is 10.4. The lowest BCUT2D eigenvalue weighted by Crippen LogP contribution is -1.92. The molecule has 0 aliphatic heterocycles. The van der Waals surface area contributed by atoms with E-state index in [1.807, 2.05) is 0 Å². The summed E-state index contributed by atoms with van der Waals surface area (Å²) in [5.74, 6) is -1.58. The van der Waals surface area contributed by atoms with Gasteiger partial charge < -0.3 is 4.74 Å². The number of rotatable bonds is 2. The Morgan fingerprint density at radius 3 is 2.71 bits per heavy atom. The summed E-state index contributed by atoms with van der Waals surface area (Å²) in [6.07, 6.45) is 0. The van der Waals surface area contributed by atoms with Gasteiger partial charge in [0.05, 0.1) is 7.11 Å². The van der Waals surface area contributed by atoms with Crippen LogP contribution >= 0.6 is 11.6 Å². The lowest BCUT2D eigenvalue weighted by molar-refractivity contribution is 0.398. The maximum Gasteiger partial charge on any atom is 0.214 e. The number of aromatic nitrogens is 1. The van der Waals surface area contributed by atoms with E-state index in [9.17, 15) is 8.78 Å². The van der Waals surface area contributed by atoms with E-state index in [4.69, 9.17) is 16.3 Å². The van der Waals surface area contributed by atoms with Crippen LogP contribution in [-0.2, 0) is 0 Å². The molecule has 0 radical (unpaired) electrons. The van der Waals surface area contributed by atoms with Gasteiger partial charge in [0.2, 0.25) is 5.88 Å². The third kappa shape index (κ3) is 2.36. The zero-order valence-electron chi connectivity index (χ0n) is 8.88. The lowest BCUT2D eigenvalue weighted by Gasteiger charge is -2.06. The molecule has 0 aliphatic carbocycles. The first-order valence-corrected chi connectivity index (χ1v) is 5.15. The van der Waals surface area contributed by atoms with Crippen molar-refractivity contribution in [1.82, 2.24) is 4.98 Å². The first-order valence-electron chi connectivity index (χ1n) is 4.78. The highest BCUT2D eigenvalue weighted by Gasteiger charge is 2.11. The predicted molar refractivity (Wildman–Crippen MR) is 61.2 cm³/mol. The zero-order chi connectivity index (χ0) is 12.4. The molecule has 0 saturated carbocycles. The van der Waals surface area contributed by atoms with Gasteiger partial charge in [0.25, 0.3) is 0 Å². The molecule has 2 rings (SSSR count). The highest BCUT2D eigenvalue weighted by molar-refractivity contribution is 6.29. The van der Waals surface area contributed by atoms with Crippen molar-refractivity contribution in [3.8, 4) is 17.0 Å². The van der Waals surface area contributed by atoms with E-state index in [2.05, 4.69) is 4.98 Å². The molecule has 0 amide bonds. The second kappa shape index (κ2) is 4.67. The van der Waals surface area contributed by atoms with E-state index < -0.39 is 11.6 Å². The van der Waals surface area contributed by atoms with Crippen LogP contribution in [0.4, 0.5) is 8.78 Å². The van der Waals surface area contributed by atoms with Gasteiger partial charge in [-0.15, -0.1) is 0 Å². The molecule has 1 aromatic heterocycles. The Labute approximate surface area is 102 Å². The number of methoxy groups -OCH3 is 1. The number of ether oxygens (including phenoxy) is 1. The van der Waals surface area contributed by atoms with Crippen molar-refractivity contribution in [1.29, 1.82) is 0 Å². The molecule has 2 nitrogen and oxygen atoms in total. The zero-order valence-corrected chi connectivity index (χ0v) is 9.63. The van der Waals surface area contributed by atoms with Crippen LogP contribution in [0.1, 0.15) is 0 Å². The monoisotopic (exact) mass is 255 g/mol. The fourth-order valence-corrected chi connectivity index (χ4v) is 1.66. The lowest BCUT2D eigenvalue weighted by atomic mass is 10.1. The van der Waals surface area contributed by atoms with E-state index in [1.54, 1.807) is 0 Å². The van der Waals surface area contributed by atoms with E-state index in [0.29, 0.717) is 5.56 Å². The summed E-state index contributed by atoms with van der Waals surface area (Å²) in [4.78, 5) is 3.86. The van der Waals surface area contributed by atoms with Gasteiger partial charge in [-0.2, -0.15) is 0 Å². The Morgan fingerprint density at radius 2 is 2.00 bits per heavy atom. The molecule has 2 aromatic rings. The molecule has 0 unspecified atom stereocenters. The standard InChI is InChI=1S/C12H8ClF2NO/c1-17-11-6-7(5-10(13)16-11)8-3-2-4-9(14)12(8)15/h2-6H,1H3. The van der Waals surface area contributed by atoms with Crippen LogP contribution in [0, 0.1) is 11.6 Å². The topological polar surface area (TPSA) is 22.1 Å². The number of halogens is 3. The van der Waals surface area contributed by atoms with Crippen LogP contribution in [0.3, 0.4) is 0 Å². The van der Waals surface area contributed by atoms with Gasteiger partial charge in [0.15, 0.2) is 11.6 Å². The van der Waals surface area contributed by atoms with Gasteiger partial charge in [-0.3, -0.25) is 0 Å². The van der Waals surface area contributed by atoms with Gasteiger partial charge >= 0.3 is 0 Å². The Balaban J connectivity index is 2.60. The quantitative estimate of drug-likeness (QED) is 0.764. The Morgan fingerprint density at radius 1 is 1.24 bits per heavy atom. The van der Waals surface area contributed by atoms with Crippen molar-refractivity contribution in [3.63, 3.8) is 0 Å². The van der Waals surface area contributed by atoms with Crippen molar-refractivity contribution >= 4 is 11.6 Å². The molecule has 0 aliphatic rings. The number of nitrogens with zero attached hydrogens (tertiary/aromatic N) is 1. The largest absolute Gasteiger partial charge is 0.481 e. The molecule has 0 N–H and O–H groups in total. The second-order valence-electron chi connectivity index (χ2n) is 3.32. The molecule has 0 atom stereocenters. The van der Waals surface area contributed by atoms with Crippen LogP contribution in [0.25, 0.3) is 11.1 Å². The molecule has 1 heterocycles. The summed E-state index contributed by atoms with van der Waals surface area (Å²) >= 11 is 5.76. The first-order chi connectivity index (χ1) is 8.11. The molecule has 0 bridgehead atoms. The molecule has 88 valence electrons. The van der Waals surface area contributed by atoms with Crippen molar-refractivity contribution in [2.75, 3.05) is 7.11 Å². The van der Waals surface area contributed by atoms with Crippen molar-refractivity contribution < 1.29 is 13.5 Å². The second-order valence-corrected chi connectivity index (χ2v) is 3.71. The molecule has 0 spiro atoms. The number of hydrogen-bond donors (Lipinski definition) is 0. The van der Waals surface area contributed by atoms with Gasteiger partial charge in [-0.05, 0) is 17.7 Å². The molecule has 5 heteroatoms.